The molecule has 0 bridgehead atoms. The first-order chi connectivity index (χ1) is 8.75. The molecule has 0 saturated heterocycles. The Kier molecular flexibility index (Phi) is 2.59. The summed E-state index contributed by atoms with van der Waals surface area (Å²) in [6.45, 7) is 0. The molecule has 0 fully saturated rings. The lowest BCUT2D eigenvalue weighted by Crippen LogP contribution is -2.23. The van der Waals surface area contributed by atoms with E-state index in [0.29, 0.717) is 11.1 Å². The van der Waals surface area contributed by atoms with Gasteiger partial charge in [0.1, 0.15) is 5.82 Å². The molecule has 1 unspecified atom stereocenters. The van der Waals surface area contributed by atoms with Crippen LogP contribution in [0.15, 0.2) is 48.5 Å². The van der Waals surface area contributed by atoms with Crippen molar-refractivity contribution in [3.63, 3.8) is 0 Å². The quantitative estimate of drug-likeness (QED) is 0.827. The van der Waals surface area contributed by atoms with Crippen LogP contribution in [0.5, 0.6) is 0 Å². The normalized spacial score (nSPS) is 18.1. The van der Waals surface area contributed by atoms with Crippen molar-refractivity contribution >= 4 is 11.5 Å². The Morgan fingerprint density at radius 3 is 2.61 bits per heavy atom. The predicted octanol–water partition coefficient (Wildman–Crippen LogP) is 3.57. The first kappa shape index (κ1) is 11.0. The monoisotopic (exact) mass is 241 g/mol. The number of para-hydroxylation sites is 1. The molecule has 1 aliphatic rings. The average molecular weight is 241 g/mol. The van der Waals surface area contributed by atoms with Gasteiger partial charge in [0.2, 0.25) is 0 Å². The molecule has 0 amide bonds. The molecule has 1 N–H and O–H groups in total. The number of hydrogen-bond acceptors (Lipinski definition) is 2. The zero-order valence-electron chi connectivity index (χ0n) is 9.69. The van der Waals surface area contributed by atoms with Gasteiger partial charge in [0.25, 0.3) is 0 Å². The number of fused-ring (bicyclic) bond motifs is 1. The molecule has 3 heteroatoms. The first-order valence-electron chi connectivity index (χ1n) is 5.89. The van der Waals surface area contributed by atoms with Crippen LogP contribution in [-0.4, -0.2) is 5.78 Å². The predicted molar refractivity (Wildman–Crippen MR) is 68.2 cm³/mol. The van der Waals surface area contributed by atoms with Crippen molar-refractivity contribution in [2.45, 2.75) is 12.5 Å². The van der Waals surface area contributed by atoms with Crippen LogP contribution in [-0.2, 0) is 0 Å². The second kappa shape index (κ2) is 4.26. The standard InChI is InChI=1S/C15H12FNO/c16-12-7-3-1-5-10(12)14-9-15(18)11-6-2-4-8-13(11)17-14/h1-8,14,17H,9H2. The van der Waals surface area contributed by atoms with Crippen molar-refractivity contribution in [1.29, 1.82) is 0 Å². The minimum absolute atomic E-state index is 0.0533. The Balaban J connectivity index is 2.00. The number of rotatable bonds is 1. The van der Waals surface area contributed by atoms with E-state index < -0.39 is 0 Å². The number of anilines is 1. The van der Waals surface area contributed by atoms with Gasteiger partial charge in [-0.1, -0.05) is 30.3 Å². The molecule has 1 atom stereocenters. The SMILES string of the molecule is O=C1CC(c2ccccc2F)Nc2ccccc21. The molecule has 1 heterocycles. The van der Waals surface area contributed by atoms with Gasteiger partial charge in [-0.25, -0.2) is 4.39 Å². The highest BCUT2D eigenvalue weighted by Crippen LogP contribution is 2.33. The fraction of sp³-hybridized carbons (Fsp3) is 0.133. The number of carbonyl (C=O) groups excluding carboxylic acids is 1. The largest absolute Gasteiger partial charge is 0.377 e. The van der Waals surface area contributed by atoms with Crippen LogP contribution in [0.1, 0.15) is 28.4 Å². The Morgan fingerprint density at radius 1 is 1.06 bits per heavy atom. The summed E-state index contributed by atoms with van der Waals surface area (Å²) < 4.78 is 13.7. The second-order valence-corrected chi connectivity index (χ2v) is 4.39. The van der Waals surface area contributed by atoms with Crippen molar-refractivity contribution in [1.82, 2.24) is 0 Å². The molecular weight excluding hydrogens is 229 g/mol. The van der Waals surface area contributed by atoms with Gasteiger partial charge in [-0.2, -0.15) is 0 Å². The van der Waals surface area contributed by atoms with Crippen molar-refractivity contribution in [3.8, 4) is 0 Å². The summed E-state index contributed by atoms with van der Waals surface area (Å²) in [4.78, 5) is 12.0. The molecule has 18 heavy (non-hydrogen) atoms. The molecule has 0 saturated carbocycles. The third-order valence-corrected chi connectivity index (χ3v) is 3.23. The summed E-state index contributed by atoms with van der Waals surface area (Å²) in [6.07, 6.45) is 0.290. The number of Topliss-reactive ketones (excluding diaryl/α,β-unsaturated/α-hetero) is 1. The van der Waals surface area contributed by atoms with Crippen LogP contribution in [0.4, 0.5) is 10.1 Å². The van der Waals surface area contributed by atoms with Crippen LogP contribution in [0.2, 0.25) is 0 Å². The average Bonchev–Trinajstić information content (AvgIpc) is 2.39. The van der Waals surface area contributed by atoms with E-state index in [1.54, 1.807) is 24.3 Å². The molecular formula is C15H12FNO. The van der Waals surface area contributed by atoms with E-state index in [-0.39, 0.29) is 24.1 Å². The summed E-state index contributed by atoms with van der Waals surface area (Å²) in [5.74, 6) is -0.222. The highest BCUT2D eigenvalue weighted by molar-refractivity contribution is 6.03. The molecule has 3 rings (SSSR count). The second-order valence-electron chi connectivity index (χ2n) is 4.39. The Hall–Kier alpha value is -2.16. The highest BCUT2D eigenvalue weighted by Gasteiger charge is 2.26. The molecule has 2 aromatic carbocycles. The maximum Gasteiger partial charge on any atom is 0.167 e. The van der Waals surface area contributed by atoms with Crippen LogP contribution in [0.25, 0.3) is 0 Å². The molecule has 0 aromatic heterocycles. The zero-order valence-corrected chi connectivity index (χ0v) is 9.69. The van der Waals surface area contributed by atoms with Gasteiger partial charge >= 0.3 is 0 Å². The van der Waals surface area contributed by atoms with Gasteiger partial charge < -0.3 is 5.32 Å². The lowest BCUT2D eigenvalue weighted by molar-refractivity contribution is 0.0972. The first-order valence-corrected chi connectivity index (χ1v) is 5.89. The lowest BCUT2D eigenvalue weighted by Gasteiger charge is -2.26. The van der Waals surface area contributed by atoms with Gasteiger partial charge in [-0.3, -0.25) is 4.79 Å². The number of nitrogens with one attached hydrogen (secondary N) is 1. The highest BCUT2D eigenvalue weighted by atomic mass is 19.1. The zero-order chi connectivity index (χ0) is 12.5. The maximum atomic E-state index is 13.7. The Labute approximate surface area is 104 Å². The molecule has 2 aromatic rings. The van der Waals surface area contributed by atoms with Gasteiger partial charge in [0.15, 0.2) is 5.78 Å². The van der Waals surface area contributed by atoms with Crippen molar-refractivity contribution in [2.24, 2.45) is 0 Å². The minimum Gasteiger partial charge on any atom is -0.377 e. The van der Waals surface area contributed by atoms with E-state index in [4.69, 9.17) is 0 Å². The number of hydrogen-bond donors (Lipinski definition) is 1. The summed E-state index contributed by atoms with van der Waals surface area (Å²) in [6, 6.07) is 13.6. The van der Waals surface area contributed by atoms with Gasteiger partial charge in [0.05, 0.1) is 6.04 Å². The number of benzene rings is 2. The van der Waals surface area contributed by atoms with E-state index in [2.05, 4.69) is 5.32 Å². The van der Waals surface area contributed by atoms with Crippen molar-refractivity contribution in [3.05, 3.63) is 65.5 Å². The van der Waals surface area contributed by atoms with Crippen molar-refractivity contribution in [2.75, 3.05) is 5.32 Å². The number of carbonyl (C=O) groups is 1. The smallest absolute Gasteiger partial charge is 0.167 e. The van der Waals surface area contributed by atoms with Crippen LogP contribution >= 0.6 is 0 Å². The van der Waals surface area contributed by atoms with Crippen LogP contribution < -0.4 is 5.32 Å². The Bertz CT molecular complexity index is 609. The van der Waals surface area contributed by atoms with E-state index in [1.165, 1.54) is 6.07 Å². The van der Waals surface area contributed by atoms with Crippen LogP contribution in [0.3, 0.4) is 0 Å². The fourth-order valence-electron chi connectivity index (χ4n) is 2.33. The molecule has 0 spiro atoms. The maximum absolute atomic E-state index is 13.7. The molecule has 0 radical (unpaired) electrons. The summed E-state index contributed by atoms with van der Waals surface area (Å²) in [5, 5.41) is 3.22. The van der Waals surface area contributed by atoms with E-state index in [0.717, 1.165) is 5.69 Å². The lowest BCUT2D eigenvalue weighted by atomic mass is 9.92. The van der Waals surface area contributed by atoms with Crippen LogP contribution in [0, 0.1) is 5.82 Å². The molecule has 90 valence electrons. The van der Waals surface area contributed by atoms with E-state index in [1.807, 2.05) is 18.2 Å². The molecule has 0 aliphatic carbocycles. The summed E-state index contributed by atoms with van der Waals surface area (Å²) >= 11 is 0. The summed E-state index contributed by atoms with van der Waals surface area (Å²) in [7, 11) is 0. The molecule has 1 aliphatic heterocycles. The fourth-order valence-corrected chi connectivity index (χ4v) is 2.33. The van der Waals surface area contributed by atoms with Gasteiger partial charge in [0, 0.05) is 23.2 Å². The number of ketones is 1. The van der Waals surface area contributed by atoms with Crippen molar-refractivity contribution < 1.29 is 9.18 Å². The van der Waals surface area contributed by atoms with Gasteiger partial charge in [-0.05, 0) is 18.2 Å². The third-order valence-electron chi connectivity index (χ3n) is 3.23. The Morgan fingerprint density at radius 2 is 1.78 bits per heavy atom. The topological polar surface area (TPSA) is 29.1 Å². The minimum atomic E-state index is -0.284. The van der Waals surface area contributed by atoms with E-state index >= 15 is 0 Å². The van der Waals surface area contributed by atoms with E-state index in [9.17, 15) is 9.18 Å². The molecule has 2 nitrogen and oxygen atoms in total. The summed E-state index contributed by atoms with van der Waals surface area (Å²) in [5.41, 5.74) is 2.01. The van der Waals surface area contributed by atoms with Gasteiger partial charge in [-0.15, -0.1) is 0 Å². The third kappa shape index (κ3) is 1.78. The number of halogens is 1.